The number of carboxylic acids is 1. The number of anilines is 2. The van der Waals surface area contributed by atoms with Crippen LogP contribution in [0.1, 0.15) is 21.0 Å². The number of carbonyl (C=O) groups is 2. The molecule has 130 valence electrons. The first-order valence-corrected chi connectivity index (χ1v) is 9.07. The highest BCUT2D eigenvalue weighted by Gasteiger charge is 2.18. The Kier molecular flexibility index (Phi) is 5.40. The summed E-state index contributed by atoms with van der Waals surface area (Å²) in [6.07, 6.45) is 2.19. The molecule has 0 radical (unpaired) electrons. The second kappa shape index (κ2) is 7.71. The van der Waals surface area contributed by atoms with Crippen LogP contribution in [0.5, 0.6) is 0 Å². The number of hydrogen-bond acceptors (Lipinski definition) is 6. The summed E-state index contributed by atoms with van der Waals surface area (Å²) in [5.41, 5.74) is 1.30. The predicted molar refractivity (Wildman–Crippen MR) is 97.9 cm³/mol. The lowest BCUT2D eigenvalue weighted by atomic mass is 10.2. The zero-order chi connectivity index (χ0) is 17.8. The summed E-state index contributed by atoms with van der Waals surface area (Å²) in [6, 6.07) is 5.36. The van der Waals surface area contributed by atoms with Crippen LogP contribution in [0.15, 0.2) is 30.6 Å². The fourth-order valence-electron chi connectivity index (χ4n) is 2.43. The Morgan fingerprint density at radius 2 is 1.84 bits per heavy atom. The van der Waals surface area contributed by atoms with E-state index in [1.54, 1.807) is 12.1 Å². The van der Waals surface area contributed by atoms with E-state index in [9.17, 15) is 9.59 Å². The van der Waals surface area contributed by atoms with Crippen molar-refractivity contribution in [3.05, 3.63) is 47.0 Å². The minimum atomic E-state index is -1.19. The van der Waals surface area contributed by atoms with Crippen molar-refractivity contribution in [3.63, 3.8) is 0 Å². The van der Waals surface area contributed by atoms with E-state index < -0.39 is 11.9 Å². The fourth-order valence-corrected chi connectivity index (χ4v) is 3.51. The summed E-state index contributed by atoms with van der Waals surface area (Å²) in [5, 5.41) is 12.1. The number of aromatic nitrogens is 2. The molecule has 0 spiro atoms. The van der Waals surface area contributed by atoms with Crippen molar-refractivity contribution < 1.29 is 14.7 Å². The molecular weight excluding hydrogens is 364 g/mol. The van der Waals surface area contributed by atoms with Crippen molar-refractivity contribution in [3.8, 4) is 0 Å². The lowest BCUT2D eigenvalue weighted by molar-refractivity contribution is 0.0689. The fraction of sp³-hybridized carbons (Fsp3) is 0.250. The molecule has 0 aliphatic carbocycles. The van der Waals surface area contributed by atoms with Crippen LogP contribution in [-0.2, 0) is 0 Å². The first kappa shape index (κ1) is 17.5. The highest BCUT2D eigenvalue weighted by atomic mass is 35.5. The molecule has 1 aromatic heterocycles. The number of amides is 1. The summed E-state index contributed by atoms with van der Waals surface area (Å²) in [7, 11) is 0. The van der Waals surface area contributed by atoms with Gasteiger partial charge in [0.15, 0.2) is 5.69 Å². The zero-order valence-electron chi connectivity index (χ0n) is 13.1. The molecular formula is C16H15ClN4O3S. The third kappa shape index (κ3) is 4.21. The molecule has 0 unspecified atom stereocenters. The molecule has 0 atom stereocenters. The summed E-state index contributed by atoms with van der Waals surface area (Å²) >= 11 is 7.97. The highest BCUT2D eigenvalue weighted by molar-refractivity contribution is 7.99. The molecule has 1 fully saturated rings. The molecule has 3 rings (SSSR count). The highest BCUT2D eigenvalue weighted by Crippen LogP contribution is 2.31. The summed E-state index contributed by atoms with van der Waals surface area (Å²) in [6.45, 7) is 1.78. The normalized spacial score (nSPS) is 14.2. The second-order valence-corrected chi connectivity index (χ2v) is 6.97. The van der Waals surface area contributed by atoms with Gasteiger partial charge in [0.25, 0.3) is 5.91 Å². The number of hydrogen-bond donors (Lipinski definition) is 2. The predicted octanol–water partition coefficient (Wildman–Crippen LogP) is 2.63. The SMILES string of the molecule is O=C(O)c1cnc(C(=O)Nc2cc(Cl)ccc2N2CCSCC2)cn1. The molecule has 0 saturated carbocycles. The maximum Gasteiger partial charge on any atom is 0.356 e. The van der Waals surface area contributed by atoms with E-state index in [4.69, 9.17) is 16.7 Å². The lowest BCUT2D eigenvalue weighted by Gasteiger charge is -2.30. The van der Waals surface area contributed by atoms with Gasteiger partial charge in [0.2, 0.25) is 0 Å². The maximum atomic E-state index is 12.4. The molecule has 2 N–H and O–H groups in total. The standard InChI is InChI=1S/C16H15ClN4O3S/c17-10-1-2-14(21-3-5-25-6-4-21)11(7-10)20-15(22)12-8-19-13(9-18-12)16(23)24/h1-2,7-9H,3-6H2,(H,20,22)(H,23,24). The summed E-state index contributed by atoms with van der Waals surface area (Å²) < 4.78 is 0. The van der Waals surface area contributed by atoms with E-state index in [1.807, 2.05) is 17.8 Å². The van der Waals surface area contributed by atoms with Gasteiger partial charge < -0.3 is 15.3 Å². The summed E-state index contributed by atoms with van der Waals surface area (Å²) in [4.78, 5) is 33.0. The van der Waals surface area contributed by atoms with E-state index >= 15 is 0 Å². The van der Waals surface area contributed by atoms with Gasteiger partial charge >= 0.3 is 5.97 Å². The Balaban J connectivity index is 1.82. The Hall–Kier alpha value is -2.32. The van der Waals surface area contributed by atoms with Crippen LogP contribution in [0, 0.1) is 0 Å². The molecule has 1 aliphatic heterocycles. The molecule has 1 saturated heterocycles. The van der Waals surface area contributed by atoms with Crippen LogP contribution >= 0.6 is 23.4 Å². The second-order valence-electron chi connectivity index (χ2n) is 5.31. The van der Waals surface area contributed by atoms with E-state index in [1.165, 1.54) is 0 Å². The number of rotatable bonds is 4. The molecule has 1 aliphatic rings. The largest absolute Gasteiger partial charge is 0.476 e. The molecule has 7 nitrogen and oxygen atoms in total. The van der Waals surface area contributed by atoms with Gasteiger partial charge in [-0.05, 0) is 18.2 Å². The van der Waals surface area contributed by atoms with Gasteiger partial charge in [0.1, 0.15) is 5.69 Å². The first-order chi connectivity index (χ1) is 12.0. The number of benzene rings is 1. The molecule has 1 aromatic carbocycles. The molecule has 1 amide bonds. The zero-order valence-corrected chi connectivity index (χ0v) is 14.7. The lowest BCUT2D eigenvalue weighted by Crippen LogP contribution is -2.33. The van der Waals surface area contributed by atoms with E-state index in [-0.39, 0.29) is 11.4 Å². The Bertz CT molecular complexity index is 794. The minimum absolute atomic E-state index is 0.0325. The van der Waals surface area contributed by atoms with Gasteiger partial charge in [-0.3, -0.25) is 4.79 Å². The van der Waals surface area contributed by atoms with Gasteiger partial charge in [-0.25, -0.2) is 14.8 Å². The molecule has 0 bridgehead atoms. The van der Waals surface area contributed by atoms with Crippen LogP contribution in [0.25, 0.3) is 0 Å². The van der Waals surface area contributed by atoms with Crippen molar-refractivity contribution in [1.82, 2.24) is 9.97 Å². The molecule has 2 aromatic rings. The van der Waals surface area contributed by atoms with Gasteiger partial charge in [0, 0.05) is 29.6 Å². The molecule has 9 heteroatoms. The van der Waals surface area contributed by atoms with Crippen LogP contribution in [0.4, 0.5) is 11.4 Å². The van der Waals surface area contributed by atoms with Crippen molar-refractivity contribution in [2.75, 3.05) is 34.8 Å². The van der Waals surface area contributed by atoms with Crippen molar-refractivity contribution in [2.24, 2.45) is 0 Å². The maximum absolute atomic E-state index is 12.4. The Morgan fingerprint density at radius 1 is 1.16 bits per heavy atom. The van der Waals surface area contributed by atoms with Crippen LogP contribution in [0.2, 0.25) is 5.02 Å². The van der Waals surface area contributed by atoms with Gasteiger partial charge in [-0.1, -0.05) is 11.6 Å². The summed E-state index contributed by atoms with van der Waals surface area (Å²) in [5.74, 6) is 0.384. The molecule has 25 heavy (non-hydrogen) atoms. The topological polar surface area (TPSA) is 95.4 Å². The number of carboxylic acid groups (broad SMARTS) is 1. The van der Waals surface area contributed by atoms with E-state index in [0.29, 0.717) is 10.7 Å². The number of aromatic carboxylic acids is 1. The van der Waals surface area contributed by atoms with E-state index in [0.717, 1.165) is 42.7 Å². The van der Waals surface area contributed by atoms with Gasteiger partial charge in [-0.15, -0.1) is 0 Å². The van der Waals surface area contributed by atoms with Crippen molar-refractivity contribution in [2.45, 2.75) is 0 Å². The van der Waals surface area contributed by atoms with Crippen LogP contribution in [0.3, 0.4) is 0 Å². The van der Waals surface area contributed by atoms with Gasteiger partial charge in [0.05, 0.1) is 23.8 Å². The third-order valence-corrected chi connectivity index (χ3v) is 4.84. The van der Waals surface area contributed by atoms with Crippen molar-refractivity contribution in [1.29, 1.82) is 0 Å². The third-order valence-electron chi connectivity index (χ3n) is 3.66. The number of nitrogens with zero attached hydrogens (tertiary/aromatic N) is 3. The number of halogens is 1. The smallest absolute Gasteiger partial charge is 0.356 e. The number of thioether (sulfide) groups is 1. The first-order valence-electron chi connectivity index (χ1n) is 7.53. The quantitative estimate of drug-likeness (QED) is 0.844. The number of carbonyl (C=O) groups excluding carboxylic acids is 1. The van der Waals surface area contributed by atoms with Crippen molar-refractivity contribution >= 4 is 46.6 Å². The Labute approximate surface area is 153 Å². The molecule has 2 heterocycles. The average Bonchev–Trinajstić information content (AvgIpc) is 2.62. The monoisotopic (exact) mass is 378 g/mol. The van der Waals surface area contributed by atoms with Gasteiger partial charge in [-0.2, -0.15) is 11.8 Å². The average molecular weight is 379 g/mol. The van der Waals surface area contributed by atoms with Crippen LogP contribution < -0.4 is 10.2 Å². The van der Waals surface area contributed by atoms with Crippen LogP contribution in [-0.4, -0.2) is 51.5 Å². The Morgan fingerprint density at radius 3 is 2.48 bits per heavy atom. The minimum Gasteiger partial charge on any atom is -0.476 e. The van der Waals surface area contributed by atoms with E-state index in [2.05, 4.69) is 20.2 Å². The number of nitrogens with one attached hydrogen (secondary N) is 1.